The van der Waals surface area contributed by atoms with E-state index >= 15 is 0 Å². The minimum absolute atomic E-state index is 0.0952. The minimum Gasteiger partial charge on any atom is -0.271 e. The summed E-state index contributed by atoms with van der Waals surface area (Å²) in [4.78, 5) is 12.9. The van der Waals surface area contributed by atoms with Gasteiger partial charge in [-0.25, -0.2) is 18.2 Å². The van der Waals surface area contributed by atoms with Crippen LogP contribution in [-0.2, 0) is 21.2 Å². The van der Waals surface area contributed by atoms with E-state index in [1.165, 1.54) is 24.3 Å². The summed E-state index contributed by atoms with van der Waals surface area (Å²) in [7, 11) is -4.01. The molecule has 0 aromatic heterocycles. The zero-order chi connectivity index (χ0) is 24.0. The number of hydrogen-bond acceptors (Lipinski definition) is 4. The van der Waals surface area contributed by atoms with E-state index in [1.807, 2.05) is 26.0 Å². The number of nitrogens with one attached hydrogen (secondary N) is 1. The maximum Gasteiger partial charge on any atom is 0.264 e. The summed E-state index contributed by atoms with van der Waals surface area (Å²) in [6.07, 6.45) is 0.597. The van der Waals surface area contributed by atoms with Gasteiger partial charge in [-0.05, 0) is 61.7 Å². The SMILES string of the molecule is CCc1ccccc1N(CC(=O)N/N=C(/C)c1ccc(F)cc1)S(=O)(=O)c1ccc(C)cc1. The molecule has 6 nitrogen and oxygen atoms in total. The average Bonchev–Trinajstić information content (AvgIpc) is 2.81. The van der Waals surface area contributed by atoms with Gasteiger partial charge in [-0.1, -0.05) is 55.0 Å². The first-order valence-electron chi connectivity index (χ1n) is 10.5. The molecule has 3 aromatic carbocycles. The molecule has 0 radical (unpaired) electrons. The van der Waals surface area contributed by atoms with Gasteiger partial charge in [-0.15, -0.1) is 0 Å². The largest absolute Gasteiger partial charge is 0.271 e. The molecule has 0 atom stereocenters. The standard InChI is InChI=1S/C25H26FN3O3S/c1-4-20-7-5-6-8-24(20)29(33(31,32)23-15-9-18(2)10-16-23)17-25(30)28-27-19(3)21-11-13-22(26)14-12-21/h5-16H,4,17H2,1-3H3,(H,28,30)/b27-19-. The van der Waals surface area contributed by atoms with Crippen molar-refractivity contribution in [3.63, 3.8) is 0 Å². The summed E-state index contributed by atoms with van der Waals surface area (Å²) in [5.74, 6) is -0.972. The van der Waals surface area contributed by atoms with Gasteiger partial charge in [0.15, 0.2) is 0 Å². The third-order valence-electron chi connectivity index (χ3n) is 5.15. The molecular weight excluding hydrogens is 441 g/mol. The van der Waals surface area contributed by atoms with Crippen molar-refractivity contribution >= 4 is 27.3 Å². The molecule has 1 amide bonds. The zero-order valence-corrected chi connectivity index (χ0v) is 19.6. The van der Waals surface area contributed by atoms with Gasteiger partial charge in [0.2, 0.25) is 0 Å². The van der Waals surface area contributed by atoms with Gasteiger partial charge in [0.25, 0.3) is 15.9 Å². The molecule has 3 rings (SSSR count). The fourth-order valence-corrected chi connectivity index (χ4v) is 4.72. The Morgan fingerprint density at radius 1 is 1.00 bits per heavy atom. The molecular formula is C25H26FN3O3S. The number of sulfonamides is 1. The molecule has 0 aliphatic carbocycles. The van der Waals surface area contributed by atoms with E-state index in [1.54, 1.807) is 43.3 Å². The Hall–Kier alpha value is -3.52. The zero-order valence-electron chi connectivity index (χ0n) is 18.7. The molecule has 0 spiro atoms. The van der Waals surface area contributed by atoms with Gasteiger partial charge < -0.3 is 0 Å². The predicted molar refractivity (Wildman–Crippen MR) is 128 cm³/mol. The maximum atomic E-state index is 13.5. The van der Waals surface area contributed by atoms with Crippen molar-refractivity contribution in [2.45, 2.75) is 32.1 Å². The lowest BCUT2D eigenvalue weighted by atomic mass is 10.1. The van der Waals surface area contributed by atoms with Crippen LogP contribution in [0.3, 0.4) is 0 Å². The molecule has 0 unspecified atom stereocenters. The van der Waals surface area contributed by atoms with Gasteiger partial charge in [0, 0.05) is 0 Å². The Morgan fingerprint density at radius 3 is 2.27 bits per heavy atom. The number of halogens is 1. The molecule has 0 aliphatic rings. The van der Waals surface area contributed by atoms with Crippen molar-refractivity contribution in [1.29, 1.82) is 0 Å². The first-order chi connectivity index (χ1) is 15.7. The molecule has 0 heterocycles. The minimum atomic E-state index is -4.01. The van der Waals surface area contributed by atoms with E-state index in [9.17, 15) is 17.6 Å². The number of carbonyl (C=O) groups excluding carboxylic acids is 1. The van der Waals surface area contributed by atoms with Crippen molar-refractivity contribution in [1.82, 2.24) is 5.43 Å². The number of benzene rings is 3. The van der Waals surface area contributed by atoms with Gasteiger partial charge >= 0.3 is 0 Å². The van der Waals surface area contributed by atoms with Crippen molar-refractivity contribution in [3.05, 3.63) is 95.3 Å². The van der Waals surface area contributed by atoms with Gasteiger partial charge in [-0.3, -0.25) is 9.10 Å². The van der Waals surface area contributed by atoms with Crippen molar-refractivity contribution < 1.29 is 17.6 Å². The second-order valence-electron chi connectivity index (χ2n) is 7.55. The van der Waals surface area contributed by atoms with E-state index in [-0.39, 0.29) is 10.7 Å². The Morgan fingerprint density at radius 2 is 1.64 bits per heavy atom. The van der Waals surface area contributed by atoms with Crippen LogP contribution in [0.1, 0.15) is 30.5 Å². The second-order valence-corrected chi connectivity index (χ2v) is 9.41. The van der Waals surface area contributed by atoms with Crippen molar-refractivity contribution in [2.75, 3.05) is 10.8 Å². The number of hydrazone groups is 1. The van der Waals surface area contributed by atoms with Gasteiger partial charge in [-0.2, -0.15) is 5.10 Å². The number of carbonyl (C=O) groups is 1. The van der Waals surface area contributed by atoms with E-state index in [0.717, 1.165) is 15.4 Å². The topological polar surface area (TPSA) is 78.8 Å². The summed E-state index contributed by atoms with van der Waals surface area (Å²) in [5, 5.41) is 4.05. The Bertz CT molecular complexity index is 1250. The Labute approximate surface area is 193 Å². The van der Waals surface area contributed by atoms with Gasteiger partial charge in [0.1, 0.15) is 12.4 Å². The molecule has 172 valence electrons. The Kier molecular flexibility index (Phi) is 7.60. The van der Waals surface area contributed by atoms with Crippen LogP contribution in [0.2, 0.25) is 0 Å². The fraction of sp³-hybridized carbons (Fsp3) is 0.200. The van der Waals surface area contributed by atoms with Crippen LogP contribution in [0.4, 0.5) is 10.1 Å². The van der Waals surface area contributed by atoms with Crippen LogP contribution in [0.15, 0.2) is 82.8 Å². The van der Waals surface area contributed by atoms with E-state index in [2.05, 4.69) is 10.5 Å². The highest BCUT2D eigenvalue weighted by Crippen LogP contribution is 2.27. The smallest absolute Gasteiger partial charge is 0.264 e. The first-order valence-corrected chi connectivity index (χ1v) is 11.9. The van der Waals surface area contributed by atoms with E-state index in [4.69, 9.17) is 0 Å². The fourth-order valence-electron chi connectivity index (χ4n) is 3.26. The van der Waals surface area contributed by atoms with Crippen LogP contribution in [0.25, 0.3) is 0 Å². The third-order valence-corrected chi connectivity index (χ3v) is 6.92. The first kappa shape index (κ1) is 24.1. The van der Waals surface area contributed by atoms with Crippen LogP contribution >= 0.6 is 0 Å². The quantitative estimate of drug-likeness (QED) is 0.393. The van der Waals surface area contributed by atoms with Crippen LogP contribution in [0, 0.1) is 12.7 Å². The predicted octanol–water partition coefficient (Wildman–Crippen LogP) is 4.43. The second kappa shape index (κ2) is 10.4. The molecule has 1 N–H and O–H groups in total. The Balaban J connectivity index is 1.91. The molecule has 33 heavy (non-hydrogen) atoms. The summed E-state index contributed by atoms with van der Waals surface area (Å²) < 4.78 is 41.3. The van der Waals surface area contributed by atoms with Crippen molar-refractivity contribution in [2.24, 2.45) is 5.10 Å². The molecule has 0 fully saturated rings. The highest BCUT2D eigenvalue weighted by atomic mass is 32.2. The summed E-state index contributed by atoms with van der Waals surface area (Å²) >= 11 is 0. The number of aryl methyl sites for hydroxylation is 2. The van der Waals surface area contributed by atoms with E-state index in [0.29, 0.717) is 23.4 Å². The lowest BCUT2D eigenvalue weighted by Gasteiger charge is -2.26. The summed E-state index contributed by atoms with van der Waals surface area (Å²) in [6, 6.07) is 19.3. The lowest BCUT2D eigenvalue weighted by Crippen LogP contribution is -2.40. The average molecular weight is 468 g/mol. The number of rotatable bonds is 8. The number of hydrogen-bond donors (Lipinski definition) is 1. The number of anilines is 1. The molecule has 0 aliphatic heterocycles. The molecule has 3 aromatic rings. The highest BCUT2D eigenvalue weighted by Gasteiger charge is 2.28. The number of nitrogens with zero attached hydrogens (tertiary/aromatic N) is 2. The third kappa shape index (κ3) is 5.84. The van der Waals surface area contributed by atoms with Crippen molar-refractivity contribution in [3.8, 4) is 0 Å². The highest BCUT2D eigenvalue weighted by molar-refractivity contribution is 7.92. The number of para-hydroxylation sites is 1. The van der Waals surface area contributed by atoms with Crippen LogP contribution < -0.4 is 9.73 Å². The maximum absolute atomic E-state index is 13.5. The molecule has 8 heteroatoms. The van der Waals surface area contributed by atoms with Crippen LogP contribution in [0.5, 0.6) is 0 Å². The molecule has 0 saturated carbocycles. The summed E-state index contributed by atoms with van der Waals surface area (Å²) in [5.41, 5.74) is 5.68. The lowest BCUT2D eigenvalue weighted by molar-refractivity contribution is -0.119. The normalized spacial score (nSPS) is 11.8. The number of amides is 1. The molecule has 0 saturated heterocycles. The van der Waals surface area contributed by atoms with Crippen LogP contribution in [-0.4, -0.2) is 26.6 Å². The van der Waals surface area contributed by atoms with Gasteiger partial charge in [0.05, 0.1) is 16.3 Å². The van der Waals surface area contributed by atoms with E-state index < -0.39 is 22.5 Å². The summed E-state index contributed by atoms with van der Waals surface area (Å²) in [6.45, 7) is 5.01. The monoisotopic (exact) mass is 467 g/mol. The molecule has 0 bridgehead atoms.